The van der Waals surface area contributed by atoms with E-state index in [0.717, 1.165) is 0 Å². The highest BCUT2D eigenvalue weighted by molar-refractivity contribution is 5.95. The average Bonchev–Trinajstić information content (AvgIpc) is 2.12. The van der Waals surface area contributed by atoms with Gasteiger partial charge in [-0.25, -0.2) is 0 Å². The van der Waals surface area contributed by atoms with E-state index in [2.05, 4.69) is 5.32 Å². The third kappa shape index (κ3) is 6.00. The monoisotopic (exact) mass is 259 g/mol. The molecule has 0 fully saturated rings. The van der Waals surface area contributed by atoms with Crippen LogP contribution in [0.4, 0.5) is 0 Å². The maximum absolute atomic E-state index is 11.9. The number of carboxylic acids is 1. The minimum Gasteiger partial charge on any atom is -0.481 e. The van der Waals surface area contributed by atoms with Crippen molar-refractivity contribution in [2.24, 2.45) is 11.8 Å². The summed E-state index contributed by atoms with van der Waals surface area (Å²) in [4.78, 5) is 23.2. The molecule has 18 heavy (non-hydrogen) atoms. The molecule has 0 amide bonds. The summed E-state index contributed by atoms with van der Waals surface area (Å²) in [7, 11) is 1.66. The Kier molecular flexibility index (Phi) is 6.32. The minimum atomic E-state index is -1.17. The Morgan fingerprint density at radius 1 is 1.28 bits per heavy atom. The van der Waals surface area contributed by atoms with Gasteiger partial charge in [0.05, 0.1) is 0 Å². The summed E-state index contributed by atoms with van der Waals surface area (Å²) >= 11 is 0. The zero-order valence-corrected chi connectivity index (χ0v) is 12.1. The largest absolute Gasteiger partial charge is 0.481 e. The number of rotatable bonds is 6. The molecule has 2 atom stereocenters. The van der Waals surface area contributed by atoms with Crippen molar-refractivity contribution < 1.29 is 19.4 Å². The molecule has 2 N–H and O–H groups in total. The fourth-order valence-corrected chi connectivity index (χ4v) is 1.73. The lowest BCUT2D eigenvalue weighted by molar-refractivity contribution is -0.168. The summed E-state index contributed by atoms with van der Waals surface area (Å²) in [5.74, 6) is -2.71. The van der Waals surface area contributed by atoms with E-state index in [1.807, 2.05) is 13.8 Å². The number of aliphatic carboxylic acids is 1. The van der Waals surface area contributed by atoms with E-state index in [1.54, 1.807) is 27.8 Å². The van der Waals surface area contributed by atoms with Crippen LogP contribution in [0.3, 0.4) is 0 Å². The highest BCUT2D eigenvalue weighted by Gasteiger charge is 2.37. The van der Waals surface area contributed by atoms with E-state index in [-0.39, 0.29) is 0 Å². The second kappa shape index (κ2) is 6.73. The standard InChI is InChI=1S/C13H25NO4/c1-8(2)7-9(14-6)10(11(15)16)12(17)18-13(3,4)5/h8-10,14H,7H2,1-6H3,(H,15,16)/t9-,10?/m0/s1. The second-order valence-electron chi connectivity index (χ2n) is 5.87. The Morgan fingerprint density at radius 2 is 1.78 bits per heavy atom. The Bertz CT molecular complexity index is 294. The Labute approximate surface area is 109 Å². The third-order valence-corrected chi connectivity index (χ3v) is 2.43. The smallest absolute Gasteiger partial charge is 0.322 e. The molecule has 0 spiro atoms. The molecule has 0 aliphatic carbocycles. The quantitative estimate of drug-likeness (QED) is 0.560. The third-order valence-electron chi connectivity index (χ3n) is 2.43. The first kappa shape index (κ1) is 16.9. The average molecular weight is 259 g/mol. The van der Waals surface area contributed by atoms with Crippen molar-refractivity contribution in [1.82, 2.24) is 5.32 Å². The van der Waals surface area contributed by atoms with Gasteiger partial charge in [0.1, 0.15) is 5.60 Å². The number of hydrogen-bond donors (Lipinski definition) is 2. The maximum Gasteiger partial charge on any atom is 0.322 e. The fraction of sp³-hybridized carbons (Fsp3) is 0.846. The van der Waals surface area contributed by atoms with Gasteiger partial charge in [-0.05, 0) is 40.2 Å². The van der Waals surface area contributed by atoms with Crippen molar-refractivity contribution in [3.05, 3.63) is 0 Å². The molecule has 0 saturated heterocycles. The summed E-state index contributed by atoms with van der Waals surface area (Å²) in [5.41, 5.74) is -0.680. The van der Waals surface area contributed by atoms with Crippen LogP contribution < -0.4 is 5.32 Å². The topological polar surface area (TPSA) is 75.6 Å². The molecule has 0 radical (unpaired) electrons. The Morgan fingerprint density at radius 3 is 2.06 bits per heavy atom. The number of ether oxygens (including phenoxy) is 1. The van der Waals surface area contributed by atoms with E-state index in [9.17, 15) is 14.7 Å². The fourth-order valence-electron chi connectivity index (χ4n) is 1.73. The van der Waals surface area contributed by atoms with E-state index in [1.165, 1.54) is 0 Å². The normalized spacial score (nSPS) is 15.3. The molecular formula is C13H25NO4. The predicted molar refractivity (Wildman–Crippen MR) is 69.3 cm³/mol. The van der Waals surface area contributed by atoms with Crippen molar-refractivity contribution >= 4 is 11.9 Å². The Hall–Kier alpha value is -1.10. The maximum atomic E-state index is 11.9. The van der Waals surface area contributed by atoms with Crippen LogP contribution in [0.5, 0.6) is 0 Å². The molecule has 0 saturated carbocycles. The van der Waals surface area contributed by atoms with Crippen LogP contribution in [0.1, 0.15) is 41.0 Å². The van der Waals surface area contributed by atoms with Crippen LogP contribution in [0.2, 0.25) is 0 Å². The van der Waals surface area contributed by atoms with Gasteiger partial charge in [0.25, 0.3) is 0 Å². The highest BCUT2D eigenvalue weighted by atomic mass is 16.6. The molecule has 5 heteroatoms. The first-order valence-corrected chi connectivity index (χ1v) is 6.21. The van der Waals surface area contributed by atoms with Gasteiger partial charge in [-0.15, -0.1) is 0 Å². The van der Waals surface area contributed by atoms with Crippen LogP contribution in [0.25, 0.3) is 0 Å². The SMILES string of the molecule is CN[C@@H](CC(C)C)C(C(=O)O)C(=O)OC(C)(C)C. The number of carbonyl (C=O) groups excluding carboxylic acids is 1. The van der Waals surface area contributed by atoms with E-state index in [0.29, 0.717) is 12.3 Å². The van der Waals surface area contributed by atoms with E-state index in [4.69, 9.17) is 4.74 Å². The van der Waals surface area contributed by atoms with Crippen LogP contribution in [0, 0.1) is 11.8 Å². The van der Waals surface area contributed by atoms with Gasteiger partial charge in [-0.2, -0.15) is 0 Å². The first-order valence-electron chi connectivity index (χ1n) is 6.21. The van der Waals surface area contributed by atoms with Gasteiger partial charge in [-0.3, -0.25) is 9.59 Å². The summed E-state index contributed by atoms with van der Waals surface area (Å²) in [5, 5.41) is 12.1. The van der Waals surface area contributed by atoms with Crippen molar-refractivity contribution in [2.45, 2.75) is 52.7 Å². The molecule has 0 aromatic heterocycles. The zero-order chi connectivity index (χ0) is 14.5. The summed E-state index contributed by atoms with van der Waals surface area (Å²) in [6.07, 6.45) is 0.604. The molecule has 106 valence electrons. The number of carboxylic acid groups (broad SMARTS) is 1. The molecule has 0 aromatic rings. The molecule has 1 unspecified atom stereocenters. The molecular weight excluding hydrogens is 234 g/mol. The van der Waals surface area contributed by atoms with Gasteiger partial charge in [0, 0.05) is 6.04 Å². The van der Waals surface area contributed by atoms with Crippen LogP contribution >= 0.6 is 0 Å². The molecule has 0 aliphatic rings. The van der Waals surface area contributed by atoms with Gasteiger partial charge in [-0.1, -0.05) is 13.8 Å². The minimum absolute atomic E-state index is 0.298. The van der Waals surface area contributed by atoms with Gasteiger partial charge < -0.3 is 15.2 Å². The van der Waals surface area contributed by atoms with Crippen molar-refractivity contribution in [3.63, 3.8) is 0 Å². The number of esters is 1. The number of carbonyl (C=O) groups is 2. The molecule has 5 nitrogen and oxygen atoms in total. The zero-order valence-electron chi connectivity index (χ0n) is 12.1. The summed E-state index contributed by atoms with van der Waals surface area (Å²) < 4.78 is 5.17. The number of hydrogen-bond acceptors (Lipinski definition) is 4. The van der Waals surface area contributed by atoms with Crippen molar-refractivity contribution in [3.8, 4) is 0 Å². The molecule has 0 aromatic carbocycles. The first-order chi connectivity index (χ1) is 8.08. The van der Waals surface area contributed by atoms with Crippen LogP contribution in [-0.4, -0.2) is 35.7 Å². The van der Waals surface area contributed by atoms with E-state index >= 15 is 0 Å². The van der Waals surface area contributed by atoms with Crippen molar-refractivity contribution in [2.75, 3.05) is 7.05 Å². The molecule has 0 bridgehead atoms. The molecule has 0 heterocycles. The van der Waals surface area contributed by atoms with Crippen LogP contribution in [-0.2, 0) is 14.3 Å². The molecule has 0 rings (SSSR count). The van der Waals surface area contributed by atoms with Gasteiger partial charge in [0.2, 0.25) is 0 Å². The lowest BCUT2D eigenvalue weighted by Crippen LogP contribution is -2.46. The molecule has 0 aliphatic heterocycles. The van der Waals surface area contributed by atoms with E-state index < -0.39 is 29.5 Å². The highest BCUT2D eigenvalue weighted by Crippen LogP contribution is 2.18. The van der Waals surface area contributed by atoms with Gasteiger partial charge >= 0.3 is 11.9 Å². The Balaban J connectivity index is 4.93. The second-order valence-corrected chi connectivity index (χ2v) is 5.87. The lowest BCUT2D eigenvalue weighted by Gasteiger charge is -2.27. The summed E-state index contributed by atoms with van der Waals surface area (Å²) in [6.45, 7) is 9.14. The summed E-state index contributed by atoms with van der Waals surface area (Å²) in [6, 6.07) is -0.419. The van der Waals surface area contributed by atoms with Gasteiger partial charge in [0.15, 0.2) is 5.92 Å². The predicted octanol–water partition coefficient (Wildman–Crippen LogP) is 1.66. The van der Waals surface area contributed by atoms with Crippen molar-refractivity contribution in [1.29, 1.82) is 0 Å². The number of nitrogens with one attached hydrogen (secondary N) is 1. The lowest BCUT2D eigenvalue weighted by atomic mass is 9.92. The van der Waals surface area contributed by atoms with Crippen LogP contribution in [0.15, 0.2) is 0 Å².